The van der Waals surface area contributed by atoms with Gasteiger partial charge in [0.05, 0.1) is 5.03 Å². The summed E-state index contributed by atoms with van der Waals surface area (Å²) in [4.78, 5) is 16.4. The highest BCUT2D eigenvalue weighted by atomic mass is 32.2. The molecule has 0 saturated heterocycles. The summed E-state index contributed by atoms with van der Waals surface area (Å²) in [5.41, 5.74) is 1.40. The van der Waals surface area contributed by atoms with Crippen molar-refractivity contribution in [3.05, 3.63) is 50.4 Å². The van der Waals surface area contributed by atoms with Crippen LogP contribution in [0.4, 0.5) is 0 Å². The fourth-order valence-electron chi connectivity index (χ4n) is 4.88. The molecule has 2 aromatic rings. The highest BCUT2D eigenvalue weighted by Gasteiger charge is 2.54. The Morgan fingerprint density at radius 1 is 1.10 bits per heavy atom. The average Bonchev–Trinajstić information content (AvgIpc) is 3.18. The molecular weight excluding hydrogens is 298 g/mol. The SMILES string of the molecule is O=c1[nH]c2c(s1)[C@@H](c1ccccc1)[C@H]1[C@@H]3CC[C@H](C3)[C@@H]1S2. The summed E-state index contributed by atoms with van der Waals surface area (Å²) in [7, 11) is 0. The van der Waals surface area contributed by atoms with Gasteiger partial charge in [-0.15, -0.1) is 11.8 Å². The fraction of sp³-hybridized carbons (Fsp3) is 0.471. The second kappa shape index (κ2) is 4.50. The molecule has 0 unspecified atom stereocenters. The lowest BCUT2D eigenvalue weighted by molar-refractivity contribution is 0.307. The highest BCUT2D eigenvalue weighted by Crippen LogP contribution is 2.63. The van der Waals surface area contributed by atoms with E-state index in [1.165, 1.54) is 41.0 Å². The first-order valence-corrected chi connectivity index (χ1v) is 9.45. The van der Waals surface area contributed by atoms with Gasteiger partial charge < -0.3 is 4.98 Å². The number of rotatable bonds is 1. The van der Waals surface area contributed by atoms with Gasteiger partial charge in [0.2, 0.25) is 0 Å². The standard InChI is InChI=1S/C17H17NOS2/c19-17-18-16-15(21-17)12(9-4-2-1-3-5-9)13-10-6-7-11(8-10)14(13)20-16/h1-5,10-14H,6-8H2,(H,18,19)/t10-,11-,12+,13-,14+/m1/s1. The molecule has 2 bridgehead atoms. The smallest absolute Gasteiger partial charge is 0.305 e. The van der Waals surface area contributed by atoms with Gasteiger partial charge >= 0.3 is 4.87 Å². The molecule has 3 aliphatic rings. The Bertz CT molecular complexity index is 735. The number of benzene rings is 1. The van der Waals surface area contributed by atoms with E-state index in [0.29, 0.717) is 11.2 Å². The largest absolute Gasteiger partial charge is 0.307 e. The molecule has 2 nitrogen and oxygen atoms in total. The monoisotopic (exact) mass is 315 g/mol. The molecule has 1 N–H and O–H groups in total. The van der Waals surface area contributed by atoms with E-state index in [9.17, 15) is 4.79 Å². The minimum atomic E-state index is 0.112. The Balaban J connectivity index is 1.70. The van der Waals surface area contributed by atoms with Gasteiger partial charge in [-0.1, -0.05) is 41.7 Å². The number of fused-ring (bicyclic) bond motifs is 6. The molecular formula is C17H17NOS2. The molecule has 1 aromatic carbocycles. The van der Waals surface area contributed by atoms with Crippen LogP contribution in [0.5, 0.6) is 0 Å². The van der Waals surface area contributed by atoms with Crippen LogP contribution in [0.15, 0.2) is 40.2 Å². The summed E-state index contributed by atoms with van der Waals surface area (Å²) >= 11 is 3.40. The van der Waals surface area contributed by atoms with Crippen LogP contribution in [0.2, 0.25) is 0 Å². The summed E-state index contributed by atoms with van der Waals surface area (Å²) in [5.74, 6) is 2.90. The molecule has 2 aliphatic carbocycles. The van der Waals surface area contributed by atoms with Gasteiger partial charge in [-0.05, 0) is 42.6 Å². The molecule has 5 rings (SSSR count). The number of hydrogen-bond acceptors (Lipinski definition) is 3. The van der Waals surface area contributed by atoms with E-state index in [-0.39, 0.29) is 4.87 Å². The zero-order valence-corrected chi connectivity index (χ0v) is 13.3. The van der Waals surface area contributed by atoms with Crippen LogP contribution in [-0.2, 0) is 0 Å². The first-order valence-electron chi connectivity index (χ1n) is 7.76. The van der Waals surface area contributed by atoms with Gasteiger partial charge in [0, 0.05) is 16.0 Å². The molecule has 2 fully saturated rings. The van der Waals surface area contributed by atoms with Crippen LogP contribution in [0.3, 0.4) is 0 Å². The molecule has 1 aliphatic heterocycles. The predicted molar refractivity (Wildman–Crippen MR) is 87.2 cm³/mol. The molecule has 108 valence electrons. The molecule has 2 saturated carbocycles. The van der Waals surface area contributed by atoms with Gasteiger partial charge in [0.15, 0.2) is 0 Å². The highest BCUT2D eigenvalue weighted by molar-refractivity contribution is 8.00. The molecule has 0 spiro atoms. The molecule has 2 heterocycles. The normalized spacial score (nSPS) is 36.5. The summed E-state index contributed by atoms with van der Waals surface area (Å²) in [6.07, 6.45) is 4.19. The minimum absolute atomic E-state index is 0.112. The maximum atomic E-state index is 11.9. The predicted octanol–water partition coefficient (Wildman–Crippen LogP) is 4.09. The summed E-state index contributed by atoms with van der Waals surface area (Å²) in [6, 6.07) is 10.8. The Hall–Kier alpha value is -1.00. The van der Waals surface area contributed by atoms with E-state index in [2.05, 4.69) is 35.3 Å². The van der Waals surface area contributed by atoms with E-state index in [4.69, 9.17) is 0 Å². The van der Waals surface area contributed by atoms with E-state index >= 15 is 0 Å². The summed E-state index contributed by atoms with van der Waals surface area (Å²) < 4.78 is 0. The Labute approximate surface area is 132 Å². The molecule has 21 heavy (non-hydrogen) atoms. The lowest BCUT2D eigenvalue weighted by Gasteiger charge is -2.40. The van der Waals surface area contributed by atoms with Gasteiger partial charge in [-0.25, -0.2) is 0 Å². The third-order valence-electron chi connectivity index (χ3n) is 5.62. The topological polar surface area (TPSA) is 32.9 Å². The van der Waals surface area contributed by atoms with E-state index in [1.54, 1.807) is 0 Å². The van der Waals surface area contributed by atoms with Crippen LogP contribution >= 0.6 is 23.1 Å². The molecule has 0 amide bonds. The van der Waals surface area contributed by atoms with Gasteiger partial charge in [-0.3, -0.25) is 4.79 Å². The molecule has 1 aromatic heterocycles. The van der Waals surface area contributed by atoms with Crippen LogP contribution < -0.4 is 4.87 Å². The van der Waals surface area contributed by atoms with Gasteiger partial charge in [0.25, 0.3) is 0 Å². The quantitative estimate of drug-likeness (QED) is 0.860. The number of H-pyrrole nitrogens is 1. The zero-order valence-electron chi connectivity index (χ0n) is 11.6. The lowest BCUT2D eigenvalue weighted by Crippen LogP contribution is -2.33. The van der Waals surface area contributed by atoms with Crippen LogP contribution in [0.25, 0.3) is 0 Å². The van der Waals surface area contributed by atoms with E-state index < -0.39 is 0 Å². The van der Waals surface area contributed by atoms with E-state index in [0.717, 1.165) is 22.8 Å². The number of thiazole rings is 1. The van der Waals surface area contributed by atoms with Gasteiger partial charge in [0.1, 0.15) is 0 Å². The zero-order chi connectivity index (χ0) is 14.0. The summed E-state index contributed by atoms with van der Waals surface area (Å²) in [5, 5.41) is 1.87. The van der Waals surface area contributed by atoms with E-state index in [1.807, 2.05) is 11.8 Å². The van der Waals surface area contributed by atoms with Crippen molar-refractivity contribution in [2.75, 3.05) is 0 Å². The van der Waals surface area contributed by atoms with Crippen molar-refractivity contribution in [2.24, 2.45) is 17.8 Å². The molecule has 4 heteroatoms. The van der Waals surface area contributed by atoms with Crippen molar-refractivity contribution in [1.82, 2.24) is 4.98 Å². The number of aromatic nitrogens is 1. The summed E-state index contributed by atoms with van der Waals surface area (Å²) in [6.45, 7) is 0. The first-order chi connectivity index (χ1) is 10.3. The maximum absolute atomic E-state index is 11.9. The van der Waals surface area contributed by atoms with Crippen LogP contribution in [0.1, 0.15) is 35.6 Å². The van der Waals surface area contributed by atoms with Crippen molar-refractivity contribution in [1.29, 1.82) is 0 Å². The molecule has 5 atom stereocenters. The van der Waals surface area contributed by atoms with Crippen molar-refractivity contribution < 1.29 is 0 Å². The third kappa shape index (κ3) is 1.75. The second-order valence-electron chi connectivity index (χ2n) is 6.59. The third-order valence-corrected chi connectivity index (χ3v) is 8.25. The fourth-order valence-corrected chi connectivity index (χ4v) is 7.78. The number of nitrogens with one attached hydrogen (secondary N) is 1. The lowest BCUT2D eigenvalue weighted by atomic mass is 9.75. The Morgan fingerprint density at radius 3 is 2.76 bits per heavy atom. The maximum Gasteiger partial charge on any atom is 0.305 e. The van der Waals surface area contributed by atoms with Crippen molar-refractivity contribution in [3.63, 3.8) is 0 Å². The number of hydrogen-bond donors (Lipinski definition) is 1. The van der Waals surface area contributed by atoms with Crippen molar-refractivity contribution in [3.8, 4) is 0 Å². The Kier molecular flexibility index (Phi) is 2.68. The van der Waals surface area contributed by atoms with Crippen LogP contribution in [0, 0.1) is 17.8 Å². The number of thioether (sulfide) groups is 1. The molecule has 0 radical (unpaired) electrons. The van der Waals surface area contributed by atoms with Gasteiger partial charge in [-0.2, -0.15) is 0 Å². The minimum Gasteiger partial charge on any atom is -0.307 e. The average molecular weight is 315 g/mol. The second-order valence-corrected chi connectivity index (χ2v) is 8.79. The van der Waals surface area contributed by atoms with Crippen molar-refractivity contribution >= 4 is 23.1 Å². The number of aromatic amines is 1. The first kappa shape index (κ1) is 12.5. The Morgan fingerprint density at radius 2 is 1.90 bits per heavy atom. The van der Waals surface area contributed by atoms with Crippen LogP contribution in [-0.4, -0.2) is 10.2 Å². The van der Waals surface area contributed by atoms with Crippen molar-refractivity contribution in [2.45, 2.75) is 35.5 Å².